The van der Waals surface area contributed by atoms with Gasteiger partial charge in [-0.25, -0.2) is 0 Å². The van der Waals surface area contributed by atoms with Gasteiger partial charge in [-0.3, -0.25) is 0 Å². The molecule has 1 saturated heterocycles. The number of terminal acetylenes is 1. The van der Waals surface area contributed by atoms with Gasteiger partial charge in [-0.2, -0.15) is 0 Å². The summed E-state index contributed by atoms with van der Waals surface area (Å²) in [7, 11) is 0. The number of hydrogen-bond acceptors (Lipinski definition) is 2. The number of hydrogen-bond donors (Lipinski definition) is 1. The van der Waals surface area contributed by atoms with Gasteiger partial charge >= 0.3 is 0 Å². The second kappa shape index (κ2) is 4.32. The Morgan fingerprint density at radius 1 is 1.70 bits per heavy atom. The Labute approximate surface area is 62.0 Å². The zero-order valence-corrected chi connectivity index (χ0v) is 6.10. The Morgan fingerprint density at radius 2 is 2.60 bits per heavy atom. The summed E-state index contributed by atoms with van der Waals surface area (Å²) in [6, 6.07) is 0. The molecule has 1 N–H and O–H groups in total. The number of rotatable bonds is 3. The molecule has 56 valence electrons. The monoisotopic (exact) mass is 139 g/mol. The molecule has 0 saturated carbocycles. The molecule has 2 nitrogen and oxygen atoms in total. The van der Waals surface area contributed by atoms with Gasteiger partial charge in [-0.15, -0.1) is 6.42 Å². The fourth-order valence-corrected chi connectivity index (χ4v) is 1.09. The van der Waals surface area contributed by atoms with Crippen molar-refractivity contribution in [2.24, 2.45) is 5.92 Å². The molecular formula is C8H13NO. The molecular weight excluding hydrogens is 126 g/mol. The molecule has 0 amide bonds. The molecule has 1 heterocycles. The van der Waals surface area contributed by atoms with Gasteiger partial charge in [0, 0.05) is 13.2 Å². The van der Waals surface area contributed by atoms with Crippen LogP contribution in [0.25, 0.3) is 0 Å². The van der Waals surface area contributed by atoms with Crippen LogP contribution in [0.1, 0.15) is 6.42 Å². The third-order valence-corrected chi connectivity index (χ3v) is 1.68. The van der Waals surface area contributed by atoms with Crippen LogP contribution in [0.2, 0.25) is 0 Å². The molecule has 1 rings (SSSR count). The van der Waals surface area contributed by atoms with Crippen molar-refractivity contribution >= 4 is 0 Å². The molecule has 0 aromatic carbocycles. The minimum atomic E-state index is 0.677. The first-order chi connectivity index (χ1) is 4.93. The molecule has 0 aromatic rings. The summed E-state index contributed by atoms with van der Waals surface area (Å²) in [5.41, 5.74) is 0. The van der Waals surface area contributed by atoms with E-state index in [9.17, 15) is 0 Å². The van der Waals surface area contributed by atoms with E-state index in [1.807, 2.05) is 0 Å². The van der Waals surface area contributed by atoms with Gasteiger partial charge < -0.3 is 10.1 Å². The highest BCUT2D eigenvalue weighted by Gasteiger charge is 2.13. The van der Waals surface area contributed by atoms with Crippen LogP contribution in [0.15, 0.2) is 0 Å². The Morgan fingerprint density at radius 3 is 3.20 bits per heavy atom. The van der Waals surface area contributed by atoms with Crippen LogP contribution < -0.4 is 5.32 Å². The van der Waals surface area contributed by atoms with Crippen molar-refractivity contribution < 1.29 is 4.74 Å². The summed E-state index contributed by atoms with van der Waals surface area (Å²) in [4.78, 5) is 0. The predicted octanol–water partition coefficient (Wildman–Crippen LogP) is 0.246. The van der Waals surface area contributed by atoms with Gasteiger partial charge in [-0.05, 0) is 12.3 Å². The molecule has 0 aliphatic carbocycles. The summed E-state index contributed by atoms with van der Waals surface area (Å²) >= 11 is 0. The van der Waals surface area contributed by atoms with Crippen molar-refractivity contribution in [1.82, 2.24) is 5.32 Å². The van der Waals surface area contributed by atoms with Gasteiger partial charge in [0.05, 0.1) is 13.2 Å². The molecule has 2 heteroatoms. The number of nitrogens with one attached hydrogen (secondary N) is 1. The average Bonchev–Trinajstić information content (AvgIpc) is 2.41. The molecule has 0 bridgehead atoms. The fraction of sp³-hybridized carbons (Fsp3) is 0.750. The van der Waals surface area contributed by atoms with E-state index in [4.69, 9.17) is 11.2 Å². The van der Waals surface area contributed by atoms with Gasteiger partial charge in [0.1, 0.15) is 0 Å². The van der Waals surface area contributed by atoms with Crippen molar-refractivity contribution in [3.05, 3.63) is 0 Å². The largest absolute Gasteiger partial charge is 0.381 e. The third kappa shape index (κ3) is 2.38. The molecule has 10 heavy (non-hydrogen) atoms. The lowest BCUT2D eigenvalue weighted by molar-refractivity contribution is 0.185. The normalized spacial score (nSPS) is 24.5. The third-order valence-electron chi connectivity index (χ3n) is 1.68. The quantitative estimate of drug-likeness (QED) is 0.447. The maximum absolute atomic E-state index is 5.20. The standard InChI is InChI=1S/C8H13NO/c1-2-4-9-6-8-3-5-10-7-8/h1,8-9H,3-7H2. The first-order valence-corrected chi connectivity index (χ1v) is 3.65. The Balaban J connectivity index is 1.97. The van der Waals surface area contributed by atoms with Crippen LogP contribution in [0.4, 0.5) is 0 Å². The summed E-state index contributed by atoms with van der Waals surface area (Å²) in [6.45, 7) is 3.50. The summed E-state index contributed by atoms with van der Waals surface area (Å²) in [5.74, 6) is 3.23. The highest BCUT2D eigenvalue weighted by molar-refractivity contribution is 4.86. The van der Waals surface area contributed by atoms with E-state index in [0.717, 1.165) is 19.8 Å². The maximum atomic E-state index is 5.20. The van der Waals surface area contributed by atoms with Crippen LogP contribution in [-0.4, -0.2) is 26.3 Å². The van der Waals surface area contributed by atoms with Gasteiger partial charge in [0.15, 0.2) is 0 Å². The molecule has 1 aliphatic heterocycles. The smallest absolute Gasteiger partial charge is 0.0573 e. The van der Waals surface area contributed by atoms with E-state index < -0.39 is 0 Å². The van der Waals surface area contributed by atoms with Crippen LogP contribution >= 0.6 is 0 Å². The lowest BCUT2D eigenvalue weighted by Gasteiger charge is -2.05. The lowest BCUT2D eigenvalue weighted by Crippen LogP contribution is -2.23. The minimum absolute atomic E-state index is 0.677. The van der Waals surface area contributed by atoms with Crippen molar-refractivity contribution in [3.63, 3.8) is 0 Å². The van der Waals surface area contributed by atoms with Gasteiger partial charge in [0.25, 0.3) is 0 Å². The molecule has 0 radical (unpaired) electrons. The van der Waals surface area contributed by atoms with E-state index in [-0.39, 0.29) is 0 Å². The van der Waals surface area contributed by atoms with Gasteiger partial charge in [-0.1, -0.05) is 5.92 Å². The topological polar surface area (TPSA) is 21.3 Å². The molecule has 1 aliphatic rings. The SMILES string of the molecule is C#CCNCC1CCOC1. The van der Waals surface area contributed by atoms with Crippen molar-refractivity contribution in [2.75, 3.05) is 26.3 Å². The van der Waals surface area contributed by atoms with E-state index in [2.05, 4.69) is 11.2 Å². The highest BCUT2D eigenvalue weighted by atomic mass is 16.5. The van der Waals surface area contributed by atoms with Gasteiger partial charge in [0.2, 0.25) is 0 Å². The van der Waals surface area contributed by atoms with Crippen LogP contribution in [-0.2, 0) is 4.74 Å². The first-order valence-electron chi connectivity index (χ1n) is 3.65. The second-order valence-electron chi connectivity index (χ2n) is 2.56. The number of ether oxygens (including phenoxy) is 1. The Hall–Kier alpha value is -0.520. The second-order valence-corrected chi connectivity index (χ2v) is 2.56. The fourth-order valence-electron chi connectivity index (χ4n) is 1.09. The van der Waals surface area contributed by atoms with E-state index in [0.29, 0.717) is 12.5 Å². The Kier molecular flexibility index (Phi) is 3.28. The van der Waals surface area contributed by atoms with E-state index in [1.54, 1.807) is 0 Å². The molecule has 1 fully saturated rings. The van der Waals surface area contributed by atoms with E-state index >= 15 is 0 Å². The summed E-state index contributed by atoms with van der Waals surface area (Å²) in [5, 5.41) is 3.16. The highest BCUT2D eigenvalue weighted by Crippen LogP contribution is 2.09. The molecule has 0 spiro atoms. The van der Waals surface area contributed by atoms with E-state index in [1.165, 1.54) is 6.42 Å². The predicted molar refractivity (Wildman–Crippen MR) is 40.6 cm³/mol. The first kappa shape index (κ1) is 7.59. The summed E-state index contributed by atoms with van der Waals surface area (Å²) < 4.78 is 5.20. The Bertz CT molecular complexity index is 122. The van der Waals surface area contributed by atoms with Crippen molar-refractivity contribution in [1.29, 1.82) is 0 Å². The van der Waals surface area contributed by atoms with Crippen molar-refractivity contribution in [2.45, 2.75) is 6.42 Å². The minimum Gasteiger partial charge on any atom is -0.381 e. The zero-order chi connectivity index (χ0) is 7.23. The molecule has 1 unspecified atom stereocenters. The molecule has 1 atom stereocenters. The summed E-state index contributed by atoms with van der Waals surface area (Å²) in [6.07, 6.45) is 6.25. The lowest BCUT2D eigenvalue weighted by atomic mass is 10.1. The molecule has 0 aromatic heterocycles. The zero-order valence-electron chi connectivity index (χ0n) is 6.10. The van der Waals surface area contributed by atoms with Crippen LogP contribution in [0.5, 0.6) is 0 Å². The van der Waals surface area contributed by atoms with Crippen LogP contribution in [0.3, 0.4) is 0 Å². The maximum Gasteiger partial charge on any atom is 0.0573 e. The van der Waals surface area contributed by atoms with Crippen LogP contribution in [0, 0.1) is 18.3 Å². The average molecular weight is 139 g/mol. The van der Waals surface area contributed by atoms with Crippen molar-refractivity contribution in [3.8, 4) is 12.3 Å².